The lowest BCUT2D eigenvalue weighted by Gasteiger charge is -2.26. The average molecular weight is 445 g/mol. The molecule has 3 aromatic rings. The van der Waals surface area contributed by atoms with Crippen LogP contribution in [0.25, 0.3) is 5.69 Å². The second kappa shape index (κ2) is 8.81. The second-order valence-corrected chi connectivity index (χ2v) is 9.50. The summed E-state index contributed by atoms with van der Waals surface area (Å²) in [5.41, 5.74) is 4.54. The molecule has 1 N–H and O–H groups in total. The minimum atomic E-state index is -0.0209. The summed E-state index contributed by atoms with van der Waals surface area (Å²) >= 11 is 9.35. The number of amides is 1. The molecule has 150 valence electrons. The summed E-state index contributed by atoms with van der Waals surface area (Å²) < 4.78 is 1.91. The molecule has 1 aromatic heterocycles. The van der Waals surface area contributed by atoms with Crippen LogP contribution in [0.1, 0.15) is 29.2 Å². The van der Waals surface area contributed by atoms with Gasteiger partial charge in [-0.3, -0.25) is 9.36 Å². The third-order valence-corrected chi connectivity index (χ3v) is 7.26. The van der Waals surface area contributed by atoms with E-state index in [1.165, 1.54) is 27.8 Å². The Morgan fingerprint density at radius 2 is 2.14 bits per heavy atom. The number of thioether (sulfide) groups is 2. The zero-order valence-corrected chi connectivity index (χ0v) is 18.6. The maximum absolute atomic E-state index is 12.6. The number of rotatable bonds is 5. The van der Waals surface area contributed by atoms with Gasteiger partial charge in [0.25, 0.3) is 0 Å². The molecule has 1 aliphatic heterocycles. The number of hydrogen-bond acceptors (Lipinski definition) is 5. The third kappa shape index (κ3) is 4.63. The molecule has 0 fully saturated rings. The van der Waals surface area contributed by atoms with Crippen LogP contribution in [0.15, 0.2) is 52.8 Å². The summed E-state index contributed by atoms with van der Waals surface area (Å²) in [7, 11) is 0. The van der Waals surface area contributed by atoms with Gasteiger partial charge in [0, 0.05) is 21.4 Å². The van der Waals surface area contributed by atoms with Gasteiger partial charge in [0.2, 0.25) is 5.91 Å². The predicted octanol–water partition coefficient (Wildman–Crippen LogP) is 4.98. The highest BCUT2D eigenvalue weighted by Crippen LogP contribution is 2.37. The van der Waals surface area contributed by atoms with E-state index in [4.69, 9.17) is 11.6 Å². The van der Waals surface area contributed by atoms with Gasteiger partial charge in [-0.25, -0.2) is 0 Å². The molecule has 0 bridgehead atoms. The van der Waals surface area contributed by atoms with Crippen LogP contribution in [0.4, 0.5) is 0 Å². The number of hydrogen-bond donors (Lipinski definition) is 1. The van der Waals surface area contributed by atoms with Gasteiger partial charge >= 0.3 is 0 Å². The molecule has 2 heterocycles. The van der Waals surface area contributed by atoms with Gasteiger partial charge in [0.1, 0.15) is 6.33 Å². The summed E-state index contributed by atoms with van der Waals surface area (Å²) in [6.45, 7) is 4.16. The fourth-order valence-corrected chi connectivity index (χ4v) is 5.28. The summed E-state index contributed by atoms with van der Waals surface area (Å²) in [4.78, 5) is 13.8. The van der Waals surface area contributed by atoms with Crippen molar-refractivity contribution in [3.63, 3.8) is 0 Å². The largest absolute Gasteiger partial charge is 0.348 e. The Kier molecular flexibility index (Phi) is 6.18. The van der Waals surface area contributed by atoms with Crippen molar-refractivity contribution in [1.29, 1.82) is 0 Å². The number of nitrogens with zero attached hydrogens (tertiary/aromatic N) is 3. The lowest BCUT2D eigenvalue weighted by atomic mass is 10.0. The molecule has 8 heteroatoms. The van der Waals surface area contributed by atoms with Crippen molar-refractivity contribution >= 4 is 41.0 Å². The number of carbonyl (C=O) groups is 1. The first kappa shape index (κ1) is 20.3. The van der Waals surface area contributed by atoms with E-state index in [1.807, 2.05) is 28.8 Å². The first-order valence-electron chi connectivity index (χ1n) is 9.33. The number of benzene rings is 2. The predicted molar refractivity (Wildman–Crippen MR) is 119 cm³/mol. The van der Waals surface area contributed by atoms with Gasteiger partial charge in [-0.05, 0) is 67.3 Å². The quantitative estimate of drug-likeness (QED) is 0.562. The van der Waals surface area contributed by atoms with Gasteiger partial charge in [0.15, 0.2) is 5.16 Å². The van der Waals surface area contributed by atoms with E-state index in [0.29, 0.717) is 10.2 Å². The third-order valence-electron chi connectivity index (χ3n) is 4.96. The number of halogens is 1. The highest BCUT2D eigenvalue weighted by Gasteiger charge is 2.23. The van der Waals surface area contributed by atoms with Gasteiger partial charge in [-0.2, -0.15) is 0 Å². The SMILES string of the molecule is Cc1ccc(-n2cnnc2SCC(=O)NC2CCSc3ccc(Cl)cc32)cc1C. The highest BCUT2D eigenvalue weighted by atomic mass is 35.5. The standard InChI is InChI=1S/C21H21ClN4OS2/c1-13-3-5-16(9-14(13)2)26-12-23-25-21(26)29-11-20(27)24-18-7-8-28-19-6-4-15(22)10-17(18)19/h3-6,9-10,12,18H,7-8,11H2,1-2H3,(H,24,27). The van der Waals surface area contributed by atoms with Gasteiger partial charge < -0.3 is 5.32 Å². The molecule has 4 rings (SSSR count). The van der Waals surface area contributed by atoms with E-state index < -0.39 is 0 Å². The van der Waals surface area contributed by atoms with Crippen LogP contribution in [0.2, 0.25) is 5.02 Å². The van der Waals surface area contributed by atoms with Crippen molar-refractivity contribution in [1.82, 2.24) is 20.1 Å². The number of nitrogens with one attached hydrogen (secondary N) is 1. The molecule has 1 amide bonds. The van der Waals surface area contributed by atoms with Gasteiger partial charge in [0.05, 0.1) is 11.8 Å². The van der Waals surface area contributed by atoms with E-state index in [0.717, 1.165) is 23.4 Å². The van der Waals surface area contributed by atoms with Crippen molar-refractivity contribution in [2.45, 2.75) is 36.4 Å². The first-order chi connectivity index (χ1) is 14.0. The maximum Gasteiger partial charge on any atom is 0.230 e. The topological polar surface area (TPSA) is 59.8 Å². The van der Waals surface area contributed by atoms with Crippen molar-refractivity contribution < 1.29 is 4.79 Å². The molecule has 1 aliphatic rings. The lowest BCUT2D eigenvalue weighted by molar-refractivity contribution is -0.119. The highest BCUT2D eigenvalue weighted by molar-refractivity contribution is 7.99. The molecule has 0 radical (unpaired) electrons. The fourth-order valence-electron chi connectivity index (χ4n) is 3.26. The molecular weight excluding hydrogens is 424 g/mol. The normalized spacial score (nSPS) is 15.8. The van der Waals surface area contributed by atoms with E-state index in [9.17, 15) is 4.79 Å². The number of aromatic nitrogens is 3. The van der Waals surface area contributed by atoms with Crippen LogP contribution in [0.3, 0.4) is 0 Å². The second-order valence-electron chi connectivity index (χ2n) is 6.98. The van der Waals surface area contributed by atoms with E-state index >= 15 is 0 Å². The van der Waals surface area contributed by atoms with Crippen molar-refractivity contribution in [2.24, 2.45) is 0 Å². The van der Waals surface area contributed by atoms with Crippen LogP contribution >= 0.6 is 35.1 Å². The molecule has 0 saturated carbocycles. The van der Waals surface area contributed by atoms with Crippen molar-refractivity contribution in [2.75, 3.05) is 11.5 Å². The average Bonchev–Trinajstić information content (AvgIpc) is 3.17. The van der Waals surface area contributed by atoms with E-state index in [1.54, 1.807) is 18.1 Å². The molecule has 1 unspecified atom stereocenters. The van der Waals surface area contributed by atoms with Crippen LogP contribution < -0.4 is 5.32 Å². The molecule has 2 aromatic carbocycles. The fraction of sp³-hybridized carbons (Fsp3) is 0.286. The number of carbonyl (C=O) groups excluding carboxylic acids is 1. The maximum atomic E-state index is 12.6. The zero-order valence-electron chi connectivity index (χ0n) is 16.2. The van der Waals surface area contributed by atoms with Gasteiger partial charge in [-0.1, -0.05) is 29.4 Å². The Bertz CT molecular complexity index is 1050. The monoisotopic (exact) mass is 444 g/mol. The molecular formula is C21H21ClN4OS2. The summed E-state index contributed by atoms with van der Waals surface area (Å²) in [5.74, 6) is 1.24. The van der Waals surface area contributed by atoms with Crippen molar-refractivity contribution in [3.05, 3.63) is 64.4 Å². The Morgan fingerprint density at radius 3 is 2.97 bits per heavy atom. The molecule has 5 nitrogen and oxygen atoms in total. The summed E-state index contributed by atoms with van der Waals surface area (Å²) in [5, 5.41) is 12.8. The van der Waals surface area contributed by atoms with Crippen molar-refractivity contribution in [3.8, 4) is 5.69 Å². The van der Waals surface area contributed by atoms with Crippen LogP contribution in [0, 0.1) is 13.8 Å². The Labute approximate surface area is 183 Å². The van der Waals surface area contributed by atoms with Crippen LogP contribution in [-0.2, 0) is 4.79 Å². The molecule has 0 saturated heterocycles. The number of aryl methyl sites for hydroxylation is 2. The van der Waals surface area contributed by atoms with Gasteiger partial charge in [-0.15, -0.1) is 22.0 Å². The minimum Gasteiger partial charge on any atom is -0.348 e. The Hall–Kier alpha value is -1.96. The minimum absolute atomic E-state index is 0.00401. The van der Waals surface area contributed by atoms with Crippen LogP contribution in [-0.4, -0.2) is 32.2 Å². The Balaban J connectivity index is 1.42. The van der Waals surface area contributed by atoms with E-state index in [2.05, 4.69) is 41.5 Å². The lowest BCUT2D eigenvalue weighted by Crippen LogP contribution is -2.32. The summed E-state index contributed by atoms with van der Waals surface area (Å²) in [6.07, 6.45) is 2.58. The first-order valence-corrected chi connectivity index (χ1v) is 11.7. The summed E-state index contributed by atoms with van der Waals surface area (Å²) in [6, 6.07) is 12.1. The van der Waals surface area contributed by atoms with E-state index in [-0.39, 0.29) is 17.7 Å². The Morgan fingerprint density at radius 1 is 1.28 bits per heavy atom. The molecule has 0 aliphatic carbocycles. The zero-order chi connectivity index (χ0) is 20.4. The molecule has 1 atom stereocenters. The smallest absolute Gasteiger partial charge is 0.230 e. The van der Waals surface area contributed by atoms with Crippen LogP contribution in [0.5, 0.6) is 0 Å². The molecule has 0 spiro atoms. The number of fused-ring (bicyclic) bond motifs is 1. The molecule has 29 heavy (non-hydrogen) atoms.